The van der Waals surface area contributed by atoms with Gasteiger partial charge in [-0.1, -0.05) is 15.9 Å². The van der Waals surface area contributed by atoms with Gasteiger partial charge in [0, 0.05) is 21.6 Å². The molecule has 19 heavy (non-hydrogen) atoms. The quantitative estimate of drug-likeness (QED) is 0.762. The van der Waals surface area contributed by atoms with Crippen LogP contribution in [0.25, 0.3) is 0 Å². The summed E-state index contributed by atoms with van der Waals surface area (Å²) in [5, 5.41) is 2.87. The first-order chi connectivity index (χ1) is 9.06. The number of rotatable bonds is 4. The lowest BCUT2D eigenvalue weighted by Crippen LogP contribution is -2.26. The van der Waals surface area contributed by atoms with Crippen LogP contribution >= 0.6 is 43.2 Å². The van der Waals surface area contributed by atoms with Crippen LogP contribution in [0.15, 0.2) is 38.6 Å². The van der Waals surface area contributed by atoms with E-state index in [0.717, 1.165) is 14.7 Å². The Morgan fingerprint density at radius 2 is 2.05 bits per heavy atom. The topological polar surface area (TPSA) is 55.1 Å². The molecule has 0 radical (unpaired) electrons. The third-order valence-corrected chi connectivity index (χ3v) is 4.72. The van der Waals surface area contributed by atoms with Crippen LogP contribution in [0.4, 0.5) is 5.69 Å². The van der Waals surface area contributed by atoms with Crippen molar-refractivity contribution in [3.05, 3.63) is 49.0 Å². The summed E-state index contributed by atoms with van der Waals surface area (Å²) in [7, 11) is 0. The fourth-order valence-corrected chi connectivity index (χ4v) is 3.48. The molecule has 0 aliphatic carbocycles. The first kappa shape index (κ1) is 14.6. The molecule has 0 aliphatic rings. The first-order valence-corrected chi connectivity index (χ1v) is 8.04. The number of nitrogen functional groups attached to an aromatic ring is 1. The average Bonchev–Trinajstić information content (AvgIpc) is 2.75. The van der Waals surface area contributed by atoms with Gasteiger partial charge in [0.05, 0.1) is 9.35 Å². The molecule has 0 saturated carbocycles. The molecular formula is C13H12Br2N2OS. The van der Waals surface area contributed by atoms with Crippen LogP contribution in [0.3, 0.4) is 0 Å². The number of hydrogen-bond donors (Lipinski definition) is 2. The summed E-state index contributed by atoms with van der Waals surface area (Å²) in [5.41, 5.74) is 6.80. The number of thiophene rings is 1. The van der Waals surface area contributed by atoms with Crippen LogP contribution in [0.5, 0.6) is 0 Å². The van der Waals surface area contributed by atoms with Gasteiger partial charge in [0.2, 0.25) is 0 Å². The van der Waals surface area contributed by atoms with E-state index in [4.69, 9.17) is 5.73 Å². The monoisotopic (exact) mass is 402 g/mol. The molecule has 0 unspecified atom stereocenters. The Morgan fingerprint density at radius 1 is 1.26 bits per heavy atom. The third-order valence-electron chi connectivity index (χ3n) is 2.54. The minimum atomic E-state index is -0.138. The van der Waals surface area contributed by atoms with Gasteiger partial charge in [-0.15, -0.1) is 11.3 Å². The Hall–Kier alpha value is -0.850. The van der Waals surface area contributed by atoms with Crippen molar-refractivity contribution in [3.63, 3.8) is 0 Å². The highest BCUT2D eigenvalue weighted by Gasteiger charge is 2.09. The molecule has 2 aromatic rings. The zero-order valence-electron chi connectivity index (χ0n) is 9.95. The minimum absolute atomic E-state index is 0.138. The van der Waals surface area contributed by atoms with Gasteiger partial charge in [0.15, 0.2) is 0 Å². The molecule has 3 nitrogen and oxygen atoms in total. The molecule has 0 atom stereocenters. The largest absolute Gasteiger partial charge is 0.398 e. The number of benzene rings is 1. The number of halogens is 2. The standard InChI is InChI=1S/C13H12Br2N2OS/c14-8-1-3-10(11(16)7-8)13(18)17-6-5-9-2-4-12(15)19-9/h1-4,7H,5-6,16H2,(H,17,18). The molecule has 100 valence electrons. The number of amides is 1. The summed E-state index contributed by atoms with van der Waals surface area (Å²) in [6, 6.07) is 9.31. The van der Waals surface area contributed by atoms with Crippen molar-refractivity contribution < 1.29 is 4.79 Å². The second-order valence-corrected chi connectivity index (χ2v) is 7.41. The van der Waals surface area contributed by atoms with Crippen LogP contribution in [0.1, 0.15) is 15.2 Å². The van der Waals surface area contributed by atoms with Gasteiger partial charge in [0.25, 0.3) is 5.91 Å². The molecule has 1 heterocycles. The molecule has 3 N–H and O–H groups in total. The Kier molecular flexibility index (Phi) is 5.01. The SMILES string of the molecule is Nc1cc(Br)ccc1C(=O)NCCc1ccc(Br)s1. The van der Waals surface area contributed by atoms with Crippen molar-refractivity contribution in [2.45, 2.75) is 6.42 Å². The molecule has 6 heteroatoms. The Morgan fingerprint density at radius 3 is 2.68 bits per heavy atom. The zero-order valence-corrected chi connectivity index (χ0v) is 13.9. The maximum atomic E-state index is 12.0. The number of hydrogen-bond acceptors (Lipinski definition) is 3. The van der Waals surface area contributed by atoms with E-state index in [0.29, 0.717) is 17.8 Å². The fraction of sp³-hybridized carbons (Fsp3) is 0.154. The lowest BCUT2D eigenvalue weighted by atomic mass is 10.1. The molecule has 0 spiro atoms. The van der Waals surface area contributed by atoms with Crippen LogP contribution in [0.2, 0.25) is 0 Å². The van der Waals surface area contributed by atoms with E-state index in [-0.39, 0.29) is 5.91 Å². The van der Waals surface area contributed by atoms with Gasteiger partial charge in [-0.25, -0.2) is 0 Å². The van der Waals surface area contributed by atoms with Gasteiger partial charge in [-0.3, -0.25) is 4.79 Å². The number of carbonyl (C=O) groups is 1. The average molecular weight is 404 g/mol. The zero-order chi connectivity index (χ0) is 13.8. The van der Waals surface area contributed by atoms with Crippen molar-refractivity contribution in [1.82, 2.24) is 5.32 Å². The van der Waals surface area contributed by atoms with Crippen LogP contribution in [0, 0.1) is 0 Å². The van der Waals surface area contributed by atoms with E-state index >= 15 is 0 Å². The molecule has 0 aliphatic heterocycles. The second kappa shape index (κ2) is 6.54. The van der Waals surface area contributed by atoms with Crippen LogP contribution in [-0.4, -0.2) is 12.5 Å². The van der Waals surface area contributed by atoms with Gasteiger partial charge in [0.1, 0.15) is 0 Å². The van der Waals surface area contributed by atoms with Gasteiger partial charge < -0.3 is 11.1 Å². The van der Waals surface area contributed by atoms with Gasteiger partial charge in [-0.2, -0.15) is 0 Å². The van der Waals surface area contributed by atoms with E-state index < -0.39 is 0 Å². The van der Waals surface area contributed by atoms with Crippen molar-refractivity contribution in [3.8, 4) is 0 Å². The maximum Gasteiger partial charge on any atom is 0.253 e. The summed E-state index contributed by atoms with van der Waals surface area (Å²) < 4.78 is 1.97. The molecule has 1 aromatic heterocycles. The van der Waals surface area contributed by atoms with Gasteiger partial charge in [-0.05, 0) is 52.7 Å². The predicted molar refractivity (Wildman–Crippen MR) is 86.6 cm³/mol. The summed E-state index contributed by atoms with van der Waals surface area (Å²) in [5.74, 6) is -0.138. The van der Waals surface area contributed by atoms with E-state index in [1.807, 2.05) is 12.1 Å². The molecule has 1 aromatic carbocycles. The minimum Gasteiger partial charge on any atom is -0.398 e. The molecule has 0 saturated heterocycles. The Balaban J connectivity index is 1.90. The predicted octanol–water partition coefficient (Wildman–Crippen LogP) is 3.83. The number of carbonyl (C=O) groups excluding carboxylic acids is 1. The lowest BCUT2D eigenvalue weighted by Gasteiger charge is -2.07. The van der Waals surface area contributed by atoms with Crippen LogP contribution in [-0.2, 0) is 6.42 Å². The Bertz CT molecular complexity index is 598. The van der Waals surface area contributed by atoms with Crippen molar-refractivity contribution in [2.24, 2.45) is 0 Å². The molecule has 0 bridgehead atoms. The number of nitrogens with one attached hydrogen (secondary N) is 1. The summed E-state index contributed by atoms with van der Waals surface area (Å²) >= 11 is 8.41. The molecular weight excluding hydrogens is 392 g/mol. The maximum absolute atomic E-state index is 12.0. The highest BCUT2D eigenvalue weighted by atomic mass is 79.9. The number of anilines is 1. The second-order valence-electron chi connectivity index (χ2n) is 3.94. The molecule has 0 fully saturated rings. The van der Waals surface area contributed by atoms with E-state index in [9.17, 15) is 4.79 Å². The van der Waals surface area contributed by atoms with E-state index in [1.165, 1.54) is 4.88 Å². The third kappa shape index (κ3) is 4.06. The Labute approximate surface area is 132 Å². The smallest absolute Gasteiger partial charge is 0.253 e. The van der Waals surface area contributed by atoms with E-state index in [2.05, 4.69) is 43.2 Å². The van der Waals surface area contributed by atoms with Gasteiger partial charge >= 0.3 is 0 Å². The first-order valence-electron chi connectivity index (χ1n) is 5.63. The van der Waals surface area contributed by atoms with Crippen molar-refractivity contribution >= 4 is 54.8 Å². The normalized spacial score (nSPS) is 10.4. The van der Waals surface area contributed by atoms with Crippen LogP contribution < -0.4 is 11.1 Å². The highest BCUT2D eigenvalue weighted by Crippen LogP contribution is 2.22. The lowest BCUT2D eigenvalue weighted by molar-refractivity contribution is 0.0955. The molecule has 1 amide bonds. The summed E-state index contributed by atoms with van der Waals surface area (Å²) in [6.45, 7) is 0.599. The molecule has 2 rings (SSSR count). The summed E-state index contributed by atoms with van der Waals surface area (Å²) in [4.78, 5) is 13.2. The van der Waals surface area contributed by atoms with Crippen molar-refractivity contribution in [2.75, 3.05) is 12.3 Å². The van der Waals surface area contributed by atoms with Crippen molar-refractivity contribution in [1.29, 1.82) is 0 Å². The number of nitrogens with two attached hydrogens (primary N) is 1. The van der Waals surface area contributed by atoms with E-state index in [1.54, 1.807) is 23.5 Å². The highest BCUT2D eigenvalue weighted by molar-refractivity contribution is 9.11. The summed E-state index contributed by atoms with van der Waals surface area (Å²) in [6.07, 6.45) is 0.818. The fourth-order valence-electron chi connectivity index (χ4n) is 1.62.